The molecule has 0 saturated carbocycles. The Morgan fingerprint density at radius 2 is 2.32 bits per heavy atom. The van der Waals surface area contributed by atoms with Gasteiger partial charge >= 0.3 is 6.03 Å². The molecule has 1 unspecified atom stereocenters. The molecule has 0 bridgehead atoms. The van der Waals surface area contributed by atoms with E-state index < -0.39 is 0 Å². The number of pyridine rings is 1. The number of nitrogens with zero attached hydrogens (tertiary/aromatic N) is 3. The minimum atomic E-state index is -0.213. The van der Waals surface area contributed by atoms with E-state index in [-0.39, 0.29) is 12.1 Å². The maximum Gasteiger partial charge on any atom is 0.319 e. The standard InChI is InChI=1S/C15H21N5OS/c1-3-22-9-7-12(2)18-15(21)19-13-10-17-20(11-13)14-6-4-5-8-16-14/h4-6,8,10-12H,3,7,9H2,1-2H3,(H2,18,19,21). The molecule has 0 aliphatic rings. The number of carbonyl (C=O) groups excluding carboxylic acids is 1. The Kier molecular flexibility index (Phi) is 6.27. The molecule has 118 valence electrons. The molecule has 2 amide bonds. The molecule has 0 aromatic carbocycles. The minimum Gasteiger partial charge on any atom is -0.335 e. The largest absolute Gasteiger partial charge is 0.335 e. The van der Waals surface area contributed by atoms with Crippen molar-refractivity contribution in [2.24, 2.45) is 0 Å². The molecule has 0 aliphatic carbocycles. The monoisotopic (exact) mass is 319 g/mol. The lowest BCUT2D eigenvalue weighted by Gasteiger charge is -2.13. The van der Waals surface area contributed by atoms with Crippen LogP contribution in [-0.2, 0) is 0 Å². The van der Waals surface area contributed by atoms with Crippen molar-refractivity contribution in [2.45, 2.75) is 26.3 Å². The molecule has 0 spiro atoms. The third-order valence-electron chi connectivity index (χ3n) is 3.00. The van der Waals surface area contributed by atoms with Crippen molar-refractivity contribution in [2.75, 3.05) is 16.8 Å². The number of rotatable bonds is 7. The second-order valence-corrected chi connectivity index (χ2v) is 6.24. The number of thioether (sulfide) groups is 1. The molecule has 2 aromatic heterocycles. The third-order valence-corrected chi connectivity index (χ3v) is 3.93. The summed E-state index contributed by atoms with van der Waals surface area (Å²) in [5.41, 5.74) is 0.637. The van der Waals surface area contributed by atoms with Crippen molar-refractivity contribution in [1.29, 1.82) is 0 Å². The number of amides is 2. The third kappa shape index (κ3) is 5.07. The summed E-state index contributed by atoms with van der Waals surface area (Å²) in [6.07, 6.45) is 6.00. The first-order chi connectivity index (χ1) is 10.7. The molecule has 7 heteroatoms. The zero-order valence-electron chi connectivity index (χ0n) is 12.8. The van der Waals surface area contributed by atoms with Crippen molar-refractivity contribution in [3.05, 3.63) is 36.8 Å². The second kappa shape index (κ2) is 8.43. The molecule has 2 aromatic rings. The molecular weight excluding hydrogens is 298 g/mol. The van der Waals surface area contributed by atoms with Crippen molar-refractivity contribution >= 4 is 23.5 Å². The highest BCUT2D eigenvalue weighted by Gasteiger charge is 2.09. The van der Waals surface area contributed by atoms with E-state index >= 15 is 0 Å². The van der Waals surface area contributed by atoms with Gasteiger partial charge in [0.15, 0.2) is 5.82 Å². The van der Waals surface area contributed by atoms with Gasteiger partial charge in [-0.25, -0.2) is 14.5 Å². The first-order valence-electron chi connectivity index (χ1n) is 7.30. The van der Waals surface area contributed by atoms with E-state index in [2.05, 4.69) is 27.6 Å². The topological polar surface area (TPSA) is 71.8 Å². The Morgan fingerprint density at radius 1 is 1.45 bits per heavy atom. The molecule has 0 radical (unpaired) electrons. The highest BCUT2D eigenvalue weighted by Crippen LogP contribution is 2.09. The van der Waals surface area contributed by atoms with Gasteiger partial charge in [0, 0.05) is 12.2 Å². The predicted molar refractivity (Wildman–Crippen MR) is 90.6 cm³/mol. The summed E-state index contributed by atoms with van der Waals surface area (Å²) in [6, 6.07) is 5.52. The second-order valence-electron chi connectivity index (χ2n) is 4.85. The fraction of sp³-hybridized carbons (Fsp3) is 0.400. The lowest BCUT2D eigenvalue weighted by Crippen LogP contribution is -2.36. The van der Waals surface area contributed by atoms with Gasteiger partial charge in [-0.1, -0.05) is 13.0 Å². The van der Waals surface area contributed by atoms with Gasteiger partial charge in [-0.3, -0.25) is 0 Å². The summed E-state index contributed by atoms with van der Waals surface area (Å²) in [4.78, 5) is 16.1. The SMILES string of the molecule is CCSCCC(C)NC(=O)Nc1cnn(-c2ccccn2)c1. The van der Waals surface area contributed by atoms with E-state index in [1.165, 1.54) is 0 Å². The van der Waals surface area contributed by atoms with E-state index in [4.69, 9.17) is 0 Å². The number of urea groups is 1. The molecule has 2 N–H and O–H groups in total. The van der Waals surface area contributed by atoms with Crippen LogP contribution in [0.15, 0.2) is 36.8 Å². The van der Waals surface area contributed by atoms with Crippen molar-refractivity contribution in [3.8, 4) is 5.82 Å². The van der Waals surface area contributed by atoms with Gasteiger partial charge in [-0.15, -0.1) is 0 Å². The van der Waals surface area contributed by atoms with Crippen LogP contribution >= 0.6 is 11.8 Å². The number of anilines is 1. The summed E-state index contributed by atoms with van der Waals surface area (Å²) in [5, 5.41) is 9.89. The lowest BCUT2D eigenvalue weighted by molar-refractivity contribution is 0.249. The molecule has 0 aliphatic heterocycles. The van der Waals surface area contributed by atoms with Crippen LogP contribution in [0.1, 0.15) is 20.3 Å². The number of nitrogens with one attached hydrogen (secondary N) is 2. The fourth-order valence-corrected chi connectivity index (χ4v) is 2.68. The van der Waals surface area contributed by atoms with Gasteiger partial charge in [0.25, 0.3) is 0 Å². The average Bonchev–Trinajstić information content (AvgIpc) is 2.96. The highest BCUT2D eigenvalue weighted by molar-refractivity contribution is 7.99. The first kappa shape index (κ1) is 16.4. The van der Waals surface area contributed by atoms with E-state index in [1.54, 1.807) is 23.3 Å². The summed E-state index contributed by atoms with van der Waals surface area (Å²) in [7, 11) is 0. The Bertz CT molecular complexity index is 587. The summed E-state index contributed by atoms with van der Waals surface area (Å²) < 4.78 is 1.62. The number of aromatic nitrogens is 3. The van der Waals surface area contributed by atoms with Crippen molar-refractivity contribution in [1.82, 2.24) is 20.1 Å². The quantitative estimate of drug-likeness (QED) is 0.770. The van der Waals surface area contributed by atoms with E-state index in [9.17, 15) is 4.79 Å². The molecule has 0 fully saturated rings. The Morgan fingerprint density at radius 3 is 3.05 bits per heavy atom. The van der Waals surface area contributed by atoms with Crippen LogP contribution in [0, 0.1) is 0 Å². The van der Waals surface area contributed by atoms with Gasteiger partial charge in [0.1, 0.15) is 0 Å². The fourth-order valence-electron chi connectivity index (χ4n) is 1.87. The summed E-state index contributed by atoms with van der Waals surface area (Å²) in [5.74, 6) is 2.86. The predicted octanol–water partition coefficient (Wildman–Crippen LogP) is 2.92. The van der Waals surface area contributed by atoms with Crippen LogP contribution < -0.4 is 10.6 Å². The molecule has 2 heterocycles. The minimum absolute atomic E-state index is 0.143. The molecular formula is C15H21N5OS. The average molecular weight is 319 g/mol. The van der Waals surface area contributed by atoms with Crippen LogP contribution in [-0.4, -0.2) is 38.3 Å². The normalized spacial score (nSPS) is 11.9. The van der Waals surface area contributed by atoms with Crippen LogP contribution in [0.4, 0.5) is 10.5 Å². The highest BCUT2D eigenvalue weighted by atomic mass is 32.2. The van der Waals surface area contributed by atoms with Crippen molar-refractivity contribution < 1.29 is 4.79 Å². The van der Waals surface area contributed by atoms with Crippen LogP contribution in [0.2, 0.25) is 0 Å². The lowest BCUT2D eigenvalue weighted by atomic mass is 10.3. The van der Waals surface area contributed by atoms with Gasteiger partial charge in [0.05, 0.1) is 18.1 Å². The molecule has 22 heavy (non-hydrogen) atoms. The van der Waals surface area contributed by atoms with E-state index in [1.807, 2.05) is 36.9 Å². The smallest absolute Gasteiger partial charge is 0.319 e. The number of hydrogen-bond acceptors (Lipinski definition) is 4. The number of hydrogen-bond donors (Lipinski definition) is 2. The van der Waals surface area contributed by atoms with Crippen LogP contribution in [0.3, 0.4) is 0 Å². The van der Waals surface area contributed by atoms with Gasteiger partial charge in [-0.2, -0.15) is 16.9 Å². The maximum atomic E-state index is 11.9. The molecule has 2 rings (SSSR count). The van der Waals surface area contributed by atoms with Crippen molar-refractivity contribution in [3.63, 3.8) is 0 Å². The van der Waals surface area contributed by atoms with E-state index in [0.717, 1.165) is 17.9 Å². The van der Waals surface area contributed by atoms with E-state index in [0.29, 0.717) is 11.5 Å². The molecule has 0 saturated heterocycles. The Hall–Kier alpha value is -2.02. The van der Waals surface area contributed by atoms with Gasteiger partial charge in [-0.05, 0) is 37.0 Å². The van der Waals surface area contributed by atoms with Crippen LogP contribution in [0.25, 0.3) is 5.82 Å². The molecule has 1 atom stereocenters. The Labute approximate surface area is 134 Å². The van der Waals surface area contributed by atoms with Gasteiger partial charge < -0.3 is 10.6 Å². The zero-order valence-corrected chi connectivity index (χ0v) is 13.6. The Balaban J connectivity index is 1.83. The maximum absolute atomic E-state index is 11.9. The van der Waals surface area contributed by atoms with Gasteiger partial charge in [0.2, 0.25) is 0 Å². The first-order valence-corrected chi connectivity index (χ1v) is 8.46. The zero-order chi connectivity index (χ0) is 15.8. The number of carbonyl (C=O) groups is 1. The van der Waals surface area contributed by atoms with Crippen LogP contribution in [0.5, 0.6) is 0 Å². The molecule has 6 nitrogen and oxygen atoms in total. The summed E-state index contributed by atoms with van der Waals surface area (Å²) >= 11 is 1.88. The summed E-state index contributed by atoms with van der Waals surface area (Å²) in [6.45, 7) is 4.14.